The summed E-state index contributed by atoms with van der Waals surface area (Å²) < 4.78 is 4.61. The van der Waals surface area contributed by atoms with E-state index in [1.54, 1.807) is 25.3 Å². The Bertz CT molecular complexity index is 625. The van der Waals surface area contributed by atoms with E-state index in [0.29, 0.717) is 16.4 Å². The van der Waals surface area contributed by atoms with Gasteiger partial charge in [0.1, 0.15) is 0 Å². The van der Waals surface area contributed by atoms with Crippen molar-refractivity contribution in [1.29, 1.82) is 0 Å². The Morgan fingerprint density at radius 3 is 2.90 bits per heavy atom. The molecule has 0 atom stereocenters. The number of carbonyl (C=O) groups excluding carboxylic acids is 2. The fourth-order valence-corrected chi connectivity index (χ4v) is 2.46. The van der Waals surface area contributed by atoms with Gasteiger partial charge in [-0.3, -0.25) is 19.9 Å². The summed E-state index contributed by atoms with van der Waals surface area (Å²) in [5, 5.41) is 3.14. The Morgan fingerprint density at radius 2 is 2.25 bits per heavy atom. The van der Waals surface area contributed by atoms with Crippen LogP contribution < -0.4 is 5.32 Å². The summed E-state index contributed by atoms with van der Waals surface area (Å²) >= 11 is 1.26. The maximum atomic E-state index is 11.9. The molecular formula is C13H13N3O3S. The van der Waals surface area contributed by atoms with Gasteiger partial charge in [0.15, 0.2) is 5.13 Å². The fraction of sp³-hybridized carbons (Fsp3) is 0.231. The summed E-state index contributed by atoms with van der Waals surface area (Å²) in [7, 11) is 1.34. The van der Waals surface area contributed by atoms with Crippen molar-refractivity contribution in [3.8, 4) is 0 Å². The minimum Gasteiger partial charge on any atom is -0.469 e. The number of methoxy groups -OCH3 is 1. The maximum Gasteiger partial charge on any atom is 0.310 e. The van der Waals surface area contributed by atoms with Crippen molar-refractivity contribution in [2.75, 3.05) is 12.4 Å². The Balaban J connectivity index is 2.09. The van der Waals surface area contributed by atoms with Crippen molar-refractivity contribution in [2.45, 2.75) is 13.3 Å². The molecule has 104 valence electrons. The van der Waals surface area contributed by atoms with Gasteiger partial charge in [0.05, 0.1) is 24.8 Å². The highest BCUT2D eigenvalue weighted by Gasteiger charge is 2.14. The topological polar surface area (TPSA) is 81.2 Å². The van der Waals surface area contributed by atoms with E-state index in [1.165, 1.54) is 24.6 Å². The Kier molecular flexibility index (Phi) is 4.41. The number of aromatic nitrogens is 2. The van der Waals surface area contributed by atoms with Crippen molar-refractivity contribution in [3.63, 3.8) is 0 Å². The van der Waals surface area contributed by atoms with Gasteiger partial charge in [-0.25, -0.2) is 4.98 Å². The quantitative estimate of drug-likeness (QED) is 0.869. The lowest BCUT2D eigenvalue weighted by Gasteiger charge is -2.00. The SMILES string of the molecule is COC(=O)Cc1sc(NC(=O)c2cccnc2)nc1C. The molecular weight excluding hydrogens is 278 g/mol. The van der Waals surface area contributed by atoms with Gasteiger partial charge < -0.3 is 4.74 Å². The number of nitrogens with one attached hydrogen (secondary N) is 1. The van der Waals surface area contributed by atoms with Crippen LogP contribution in [0.3, 0.4) is 0 Å². The monoisotopic (exact) mass is 291 g/mol. The van der Waals surface area contributed by atoms with Gasteiger partial charge in [-0.2, -0.15) is 0 Å². The van der Waals surface area contributed by atoms with Crippen LogP contribution in [0.1, 0.15) is 20.9 Å². The standard InChI is InChI=1S/C13H13N3O3S/c1-8-10(6-11(17)19-2)20-13(15-8)16-12(18)9-4-3-5-14-7-9/h3-5,7H,6H2,1-2H3,(H,15,16,18). The highest BCUT2D eigenvalue weighted by Crippen LogP contribution is 2.23. The normalized spacial score (nSPS) is 10.1. The van der Waals surface area contributed by atoms with Crippen molar-refractivity contribution < 1.29 is 14.3 Å². The van der Waals surface area contributed by atoms with Gasteiger partial charge in [0.25, 0.3) is 5.91 Å². The summed E-state index contributed by atoms with van der Waals surface area (Å²) in [5.41, 5.74) is 1.16. The zero-order chi connectivity index (χ0) is 14.5. The molecule has 0 unspecified atom stereocenters. The second kappa shape index (κ2) is 6.25. The molecule has 0 fully saturated rings. The molecule has 2 rings (SSSR count). The van der Waals surface area contributed by atoms with Gasteiger partial charge in [0, 0.05) is 17.3 Å². The molecule has 2 aromatic heterocycles. The number of nitrogens with zero attached hydrogens (tertiary/aromatic N) is 2. The van der Waals surface area contributed by atoms with Crippen LogP contribution in [-0.2, 0) is 16.0 Å². The van der Waals surface area contributed by atoms with Crippen molar-refractivity contribution in [3.05, 3.63) is 40.7 Å². The van der Waals surface area contributed by atoms with Crippen LogP contribution in [0.2, 0.25) is 0 Å². The maximum absolute atomic E-state index is 11.9. The number of anilines is 1. The molecule has 2 aromatic rings. The summed E-state index contributed by atoms with van der Waals surface area (Å²) in [6.45, 7) is 1.79. The lowest BCUT2D eigenvalue weighted by atomic mass is 10.3. The fourth-order valence-electron chi connectivity index (χ4n) is 1.52. The number of amides is 1. The van der Waals surface area contributed by atoms with E-state index in [9.17, 15) is 9.59 Å². The molecule has 0 aromatic carbocycles. The zero-order valence-corrected chi connectivity index (χ0v) is 11.9. The molecule has 0 saturated carbocycles. The predicted molar refractivity (Wildman–Crippen MR) is 74.8 cm³/mol. The van der Waals surface area contributed by atoms with E-state index in [4.69, 9.17) is 0 Å². The van der Waals surface area contributed by atoms with Gasteiger partial charge in [-0.15, -0.1) is 11.3 Å². The number of hydrogen-bond donors (Lipinski definition) is 1. The van der Waals surface area contributed by atoms with E-state index in [-0.39, 0.29) is 18.3 Å². The van der Waals surface area contributed by atoms with Crippen LogP contribution in [0, 0.1) is 6.92 Å². The van der Waals surface area contributed by atoms with Crippen LogP contribution in [0.5, 0.6) is 0 Å². The molecule has 0 bridgehead atoms. The molecule has 6 nitrogen and oxygen atoms in total. The van der Waals surface area contributed by atoms with Crippen molar-refractivity contribution >= 4 is 28.3 Å². The third-order valence-corrected chi connectivity index (χ3v) is 3.64. The molecule has 7 heteroatoms. The first kappa shape index (κ1) is 14.1. The van der Waals surface area contributed by atoms with E-state index in [0.717, 1.165) is 4.88 Å². The minimum absolute atomic E-state index is 0.156. The minimum atomic E-state index is -0.332. The number of thiazole rings is 1. The number of aryl methyl sites for hydroxylation is 1. The molecule has 20 heavy (non-hydrogen) atoms. The smallest absolute Gasteiger partial charge is 0.310 e. The van der Waals surface area contributed by atoms with Crippen molar-refractivity contribution in [1.82, 2.24) is 9.97 Å². The Labute approximate surface area is 119 Å². The van der Waals surface area contributed by atoms with Gasteiger partial charge in [0.2, 0.25) is 0 Å². The largest absolute Gasteiger partial charge is 0.469 e. The lowest BCUT2D eigenvalue weighted by molar-refractivity contribution is -0.139. The first-order valence-corrected chi connectivity index (χ1v) is 6.66. The molecule has 0 aliphatic carbocycles. The predicted octanol–water partition coefficient (Wildman–Crippen LogP) is 1.81. The number of ether oxygens (including phenoxy) is 1. The van der Waals surface area contributed by atoms with E-state index in [1.807, 2.05) is 0 Å². The van der Waals surface area contributed by atoms with E-state index >= 15 is 0 Å². The number of hydrogen-bond acceptors (Lipinski definition) is 6. The van der Waals surface area contributed by atoms with Gasteiger partial charge in [-0.05, 0) is 19.1 Å². The number of rotatable bonds is 4. The Hall–Kier alpha value is -2.28. The van der Waals surface area contributed by atoms with Crippen LogP contribution >= 0.6 is 11.3 Å². The molecule has 0 spiro atoms. The summed E-state index contributed by atoms with van der Waals surface area (Å²) in [5.74, 6) is -0.613. The summed E-state index contributed by atoms with van der Waals surface area (Å²) in [4.78, 5) is 32.1. The van der Waals surface area contributed by atoms with E-state index in [2.05, 4.69) is 20.0 Å². The second-order valence-electron chi connectivity index (χ2n) is 3.98. The van der Waals surface area contributed by atoms with Gasteiger partial charge in [-0.1, -0.05) is 0 Å². The zero-order valence-electron chi connectivity index (χ0n) is 11.0. The number of esters is 1. The first-order valence-electron chi connectivity index (χ1n) is 5.84. The molecule has 0 aliphatic rings. The highest BCUT2D eigenvalue weighted by molar-refractivity contribution is 7.16. The van der Waals surface area contributed by atoms with Crippen LogP contribution in [0.15, 0.2) is 24.5 Å². The number of carbonyl (C=O) groups is 2. The van der Waals surface area contributed by atoms with Gasteiger partial charge >= 0.3 is 5.97 Å². The van der Waals surface area contributed by atoms with Crippen LogP contribution in [-0.4, -0.2) is 29.0 Å². The third kappa shape index (κ3) is 3.39. The summed E-state index contributed by atoms with van der Waals surface area (Å²) in [6.07, 6.45) is 3.23. The van der Waals surface area contributed by atoms with E-state index < -0.39 is 0 Å². The molecule has 0 saturated heterocycles. The molecule has 1 amide bonds. The average Bonchev–Trinajstić information content (AvgIpc) is 2.79. The van der Waals surface area contributed by atoms with Crippen LogP contribution in [0.4, 0.5) is 5.13 Å². The lowest BCUT2D eigenvalue weighted by Crippen LogP contribution is -2.11. The molecule has 0 radical (unpaired) electrons. The molecule has 1 N–H and O–H groups in total. The van der Waals surface area contributed by atoms with Crippen LogP contribution in [0.25, 0.3) is 0 Å². The second-order valence-corrected chi connectivity index (χ2v) is 5.06. The summed E-state index contributed by atoms with van der Waals surface area (Å²) in [6, 6.07) is 3.35. The molecule has 2 heterocycles. The number of pyridine rings is 1. The highest BCUT2D eigenvalue weighted by atomic mass is 32.1. The molecule has 0 aliphatic heterocycles. The first-order chi connectivity index (χ1) is 9.60. The average molecular weight is 291 g/mol. The Morgan fingerprint density at radius 1 is 1.45 bits per heavy atom. The third-order valence-electron chi connectivity index (χ3n) is 2.57. The van der Waals surface area contributed by atoms with Crippen molar-refractivity contribution in [2.24, 2.45) is 0 Å².